The van der Waals surface area contributed by atoms with Crippen molar-refractivity contribution in [2.75, 3.05) is 7.05 Å². The lowest BCUT2D eigenvalue weighted by atomic mass is 10.1. The number of likely N-dealkylation sites (N-methyl/N-ethyl adjacent to an activating group) is 1. The molecule has 1 saturated heterocycles. The molecule has 5 heteroatoms. The molecule has 2 heterocycles. The number of amides is 2. The number of imide groups is 1. The molecule has 4 nitrogen and oxygen atoms in total. The van der Waals surface area contributed by atoms with E-state index in [1.165, 1.54) is 18.2 Å². The van der Waals surface area contributed by atoms with Crippen LogP contribution >= 0.6 is 11.8 Å². The number of aromatic nitrogens is 1. The zero-order chi connectivity index (χ0) is 18.3. The van der Waals surface area contributed by atoms with Gasteiger partial charge in [0.15, 0.2) is 0 Å². The number of nitrogens with zero attached hydrogens (tertiary/aromatic N) is 2. The summed E-state index contributed by atoms with van der Waals surface area (Å²) in [6, 6.07) is 16.6. The van der Waals surface area contributed by atoms with Crippen molar-refractivity contribution in [2.45, 2.75) is 13.5 Å². The third-order valence-corrected chi connectivity index (χ3v) is 5.53. The smallest absolute Gasteiger partial charge is 0.293 e. The minimum absolute atomic E-state index is 0.232. The molecule has 1 fully saturated rings. The van der Waals surface area contributed by atoms with Crippen LogP contribution in [0.25, 0.3) is 17.0 Å². The Labute approximate surface area is 156 Å². The second-order valence-electron chi connectivity index (χ2n) is 6.46. The Hall–Kier alpha value is -2.79. The fraction of sp³-hybridized carbons (Fsp3) is 0.143. The predicted octanol–water partition coefficient (Wildman–Crippen LogP) is 4.66. The fourth-order valence-corrected chi connectivity index (χ4v) is 3.92. The minimum Gasteiger partial charge on any atom is -0.342 e. The molecule has 1 aliphatic rings. The molecule has 0 bridgehead atoms. The van der Waals surface area contributed by atoms with Gasteiger partial charge >= 0.3 is 0 Å². The van der Waals surface area contributed by atoms with E-state index in [0.717, 1.165) is 39.7 Å². The second-order valence-corrected chi connectivity index (χ2v) is 7.45. The van der Waals surface area contributed by atoms with Crippen molar-refractivity contribution in [3.05, 3.63) is 76.3 Å². The van der Waals surface area contributed by atoms with Gasteiger partial charge in [-0.1, -0.05) is 48.0 Å². The van der Waals surface area contributed by atoms with Gasteiger partial charge in [0.1, 0.15) is 0 Å². The van der Waals surface area contributed by atoms with Crippen LogP contribution < -0.4 is 0 Å². The highest BCUT2D eigenvalue weighted by Gasteiger charge is 2.32. The number of fused-ring (bicyclic) bond motifs is 1. The first-order chi connectivity index (χ1) is 12.5. The number of thioether (sulfide) groups is 1. The van der Waals surface area contributed by atoms with Crippen molar-refractivity contribution in [3.8, 4) is 0 Å². The summed E-state index contributed by atoms with van der Waals surface area (Å²) < 4.78 is 2.18. The van der Waals surface area contributed by atoms with Gasteiger partial charge in [0.25, 0.3) is 11.1 Å². The van der Waals surface area contributed by atoms with Crippen LogP contribution in [-0.4, -0.2) is 27.7 Å². The molecule has 0 N–H and O–H groups in total. The van der Waals surface area contributed by atoms with Crippen molar-refractivity contribution >= 4 is 39.9 Å². The number of benzene rings is 2. The first-order valence-electron chi connectivity index (χ1n) is 8.38. The highest BCUT2D eigenvalue weighted by Crippen LogP contribution is 2.33. The lowest BCUT2D eigenvalue weighted by Gasteiger charge is -2.06. The van der Waals surface area contributed by atoms with Crippen LogP contribution in [0.15, 0.2) is 59.6 Å². The van der Waals surface area contributed by atoms with Gasteiger partial charge in [-0.15, -0.1) is 0 Å². The van der Waals surface area contributed by atoms with E-state index in [1.54, 1.807) is 0 Å². The lowest BCUT2D eigenvalue weighted by Crippen LogP contribution is -2.22. The molecule has 0 saturated carbocycles. The Balaban J connectivity index is 1.76. The summed E-state index contributed by atoms with van der Waals surface area (Å²) >= 11 is 0.989. The molecule has 3 aromatic rings. The van der Waals surface area contributed by atoms with E-state index in [4.69, 9.17) is 0 Å². The summed E-state index contributed by atoms with van der Waals surface area (Å²) in [6.07, 6.45) is 3.87. The molecule has 4 rings (SSSR count). The number of carbonyl (C=O) groups excluding carboxylic acids is 2. The Morgan fingerprint density at radius 2 is 1.77 bits per heavy atom. The number of aryl methyl sites for hydroxylation is 1. The van der Waals surface area contributed by atoms with Gasteiger partial charge in [0.2, 0.25) is 0 Å². The van der Waals surface area contributed by atoms with Gasteiger partial charge in [-0.2, -0.15) is 0 Å². The Morgan fingerprint density at radius 1 is 1.04 bits per heavy atom. The van der Waals surface area contributed by atoms with Crippen LogP contribution in [0.5, 0.6) is 0 Å². The summed E-state index contributed by atoms with van der Waals surface area (Å²) in [7, 11) is 1.51. The van der Waals surface area contributed by atoms with E-state index in [9.17, 15) is 9.59 Å². The molecule has 26 heavy (non-hydrogen) atoms. The Morgan fingerprint density at radius 3 is 2.46 bits per heavy atom. The van der Waals surface area contributed by atoms with Crippen LogP contribution in [0, 0.1) is 6.92 Å². The zero-order valence-corrected chi connectivity index (χ0v) is 15.4. The monoisotopic (exact) mass is 362 g/mol. The van der Waals surface area contributed by atoms with Gasteiger partial charge in [0.05, 0.1) is 4.91 Å². The zero-order valence-electron chi connectivity index (χ0n) is 14.6. The summed E-state index contributed by atoms with van der Waals surface area (Å²) in [4.78, 5) is 25.6. The van der Waals surface area contributed by atoms with E-state index in [1.807, 2.05) is 30.5 Å². The molecule has 0 atom stereocenters. The van der Waals surface area contributed by atoms with Crippen LogP contribution in [0.2, 0.25) is 0 Å². The number of hydrogen-bond donors (Lipinski definition) is 0. The van der Waals surface area contributed by atoms with E-state index in [0.29, 0.717) is 4.91 Å². The van der Waals surface area contributed by atoms with Crippen molar-refractivity contribution in [2.24, 2.45) is 0 Å². The number of rotatable bonds is 3. The SMILES string of the molecule is Cc1ccc(Cn2cc(/C=C3\SC(=O)N(C)C3=O)c3ccccc32)cc1. The standard InChI is InChI=1S/C21H18N2O2S/c1-14-7-9-15(10-8-14)12-23-13-16(17-5-3-4-6-18(17)23)11-19-20(24)22(2)21(25)26-19/h3-11,13H,12H2,1-2H3/b19-11-. The lowest BCUT2D eigenvalue weighted by molar-refractivity contribution is -0.121. The molecule has 0 spiro atoms. The summed E-state index contributed by atoms with van der Waals surface area (Å²) in [5.41, 5.74) is 4.51. The first-order valence-corrected chi connectivity index (χ1v) is 9.19. The van der Waals surface area contributed by atoms with Crippen LogP contribution in [0.3, 0.4) is 0 Å². The maximum Gasteiger partial charge on any atom is 0.293 e. The molecule has 1 aliphatic heterocycles. The van der Waals surface area contributed by atoms with E-state index < -0.39 is 0 Å². The van der Waals surface area contributed by atoms with Gasteiger partial charge in [-0.05, 0) is 36.4 Å². The van der Waals surface area contributed by atoms with Gasteiger partial charge in [-0.3, -0.25) is 14.5 Å². The third-order valence-electron chi connectivity index (χ3n) is 4.57. The van der Waals surface area contributed by atoms with Crippen LogP contribution in [-0.2, 0) is 11.3 Å². The predicted molar refractivity (Wildman–Crippen MR) is 106 cm³/mol. The van der Waals surface area contributed by atoms with E-state index in [-0.39, 0.29) is 11.1 Å². The van der Waals surface area contributed by atoms with Gasteiger partial charge < -0.3 is 4.57 Å². The van der Waals surface area contributed by atoms with Crippen LogP contribution in [0.1, 0.15) is 16.7 Å². The number of para-hydroxylation sites is 1. The molecule has 0 aliphatic carbocycles. The molecule has 0 unspecified atom stereocenters. The maximum atomic E-state index is 12.2. The fourth-order valence-electron chi connectivity index (χ4n) is 3.10. The number of hydrogen-bond acceptors (Lipinski definition) is 3. The minimum atomic E-state index is -0.240. The van der Waals surface area contributed by atoms with Crippen molar-refractivity contribution in [3.63, 3.8) is 0 Å². The summed E-state index contributed by atoms with van der Waals surface area (Å²) in [6.45, 7) is 2.83. The molecular formula is C21H18N2O2S. The molecule has 2 amide bonds. The van der Waals surface area contributed by atoms with Crippen molar-refractivity contribution in [1.29, 1.82) is 0 Å². The quantitative estimate of drug-likeness (QED) is 0.636. The largest absolute Gasteiger partial charge is 0.342 e. The van der Waals surface area contributed by atoms with E-state index >= 15 is 0 Å². The van der Waals surface area contributed by atoms with E-state index in [2.05, 4.69) is 41.8 Å². The van der Waals surface area contributed by atoms with Gasteiger partial charge in [0, 0.05) is 36.3 Å². The second kappa shape index (κ2) is 6.50. The maximum absolute atomic E-state index is 12.2. The molecule has 1 aromatic heterocycles. The highest BCUT2D eigenvalue weighted by atomic mass is 32.2. The average molecular weight is 362 g/mol. The first kappa shape index (κ1) is 16.7. The normalized spacial score (nSPS) is 16.2. The topological polar surface area (TPSA) is 42.3 Å². The average Bonchev–Trinajstić information content (AvgIpc) is 3.10. The Kier molecular flexibility index (Phi) is 4.17. The number of carbonyl (C=O) groups is 2. The molecule has 2 aromatic carbocycles. The summed E-state index contributed by atoms with van der Waals surface area (Å²) in [5.74, 6) is -0.240. The molecular weight excluding hydrogens is 344 g/mol. The highest BCUT2D eigenvalue weighted by molar-refractivity contribution is 8.18. The Bertz CT molecular complexity index is 1050. The van der Waals surface area contributed by atoms with Crippen molar-refractivity contribution < 1.29 is 9.59 Å². The van der Waals surface area contributed by atoms with Gasteiger partial charge in [-0.25, -0.2) is 0 Å². The summed E-state index contributed by atoms with van der Waals surface area (Å²) in [5, 5.41) is 0.840. The van der Waals surface area contributed by atoms with Crippen molar-refractivity contribution in [1.82, 2.24) is 9.47 Å². The van der Waals surface area contributed by atoms with Crippen LogP contribution in [0.4, 0.5) is 4.79 Å². The molecule has 130 valence electrons. The molecule has 0 radical (unpaired) electrons. The third kappa shape index (κ3) is 2.95.